The highest BCUT2D eigenvalue weighted by molar-refractivity contribution is 6.37. The van der Waals surface area contributed by atoms with Crippen molar-refractivity contribution in [2.45, 2.75) is 6.92 Å². The quantitative estimate of drug-likeness (QED) is 0.592. The van der Waals surface area contributed by atoms with Gasteiger partial charge in [-0.1, -0.05) is 11.6 Å². The van der Waals surface area contributed by atoms with Gasteiger partial charge in [-0.2, -0.15) is 0 Å². The van der Waals surface area contributed by atoms with E-state index in [2.05, 4.69) is 0 Å². The van der Waals surface area contributed by atoms with E-state index >= 15 is 0 Å². The maximum Gasteiger partial charge on any atom is 0.179 e. The number of hydrogen-bond donors (Lipinski definition) is 0. The summed E-state index contributed by atoms with van der Waals surface area (Å²) >= 11 is 11.4. The Balaban J connectivity index is 3.25. The summed E-state index contributed by atoms with van der Waals surface area (Å²) in [6.45, 7) is 1.80. The van der Waals surface area contributed by atoms with Crippen molar-refractivity contribution in [2.75, 3.05) is 13.0 Å². The van der Waals surface area contributed by atoms with Gasteiger partial charge in [-0.3, -0.25) is 4.79 Å². The molecule has 1 aromatic rings. The number of halogens is 2. The van der Waals surface area contributed by atoms with Gasteiger partial charge in [0.15, 0.2) is 5.78 Å². The van der Waals surface area contributed by atoms with Crippen LogP contribution in [0.4, 0.5) is 0 Å². The Labute approximate surface area is 92.8 Å². The molecule has 76 valence electrons. The Morgan fingerprint density at radius 3 is 2.57 bits per heavy atom. The average molecular weight is 233 g/mol. The first-order valence-electron chi connectivity index (χ1n) is 4.03. The van der Waals surface area contributed by atoms with Gasteiger partial charge in [-0.25, -0.2) is 0 Å². The molecule has 0 aliphatic heterocycles. The maximum absolute atomic E-state index is 11.4. The molecular formula is C10H10Cl2O2. The molecule has 0 amide bonds. The van der Waals surface area contributed by atoms with Crippen molar-refractivity contribution in [2.24, 2.45) is 0 Å². The molecule has 0 radical (unpaired) electrons. The normalized spacial score (nSPS) is 10.0. The third-order valence-corrected chi connectivity index (χ3v) is 2.44. The molecule has 0 atom stereocenters. The smallest absolute Gasteiger partial charge is 0.179 e. The van der Waals surface area contributed by atoms with Crippen LogP contribution in [0.1, 0.15) is 15.9 Å². The zero-order valence-electron chi connectivity index (χ0n) is 7.93. The predicted molar refractivity (Wildman–Crippen MR) is 57.8 cm³/mol. The number of benzene rings is 1. The minimum atomic E-state index is -0.170. The van der Waals surface area contributed by atoms with Crippen LogP contribution in [0.3, 0.4) is 0 Å². The molecule has 4 heteroatoms. The van der Waals surface area contributed by atoms with Gasteiger partial charge in [0.05, 0.1) is 18.0 Å². The van der Waals surface area contributed by atoms with Gasteiger partial charge in [0.2, 0.25) is 0 Å². The van der Waals surface area contributed by atoms with Crippen LogP contribution in [-0.2, 0) is 0 Å². The number of ketones is 1. The van der Waals surface area contributed by atoms with E-state index in [1.54, 1.807) is 26.2 Å². The molecule has 0 N–H and O–H groups in total. The van der Waals surface area contributed by atoms with E-state index in [0.29, 0.717) is 16.3 Å². The number of rotatable bonds is 3. The van der Waals surface area contributed by atoms with Crippen LogP contribution in [0.2, 0.25) is 5.02 Å². The third-order valence-electron chi connectivity index (χ3n) is 1.90. The maximum atomic E-state index is 11.4. The predicted octanol–water partition coefficient (Wildman–Crippen LogP) is 3.08. The standard InChI is InChI=1S/C10H10Cl2O2/c1-6-3-7(14-2)4-8(12)10(6)9(13)5-11/h3-4H,5H2,1-2H3. The first kappa shape index (κ1) is 11.3. The van der Waals surface area contributed by atoms with Gasteiger partial charge in [0, 0.05) is 5.56 Å². The molecule has 0 aromatic heterocycles. The number of Topliss-reactive ketones (excluding diaryl/α,β-unsaturated/α-hetero) is 1. The molecule has 1 aromatic carbocycles. The highest BCUT2D eigenvalue weighted by Crippen LogP contribution is 2.26. The van der Waals surface area contributed by atoms with Crippen molar-refractivity contribution >= 4 is 29.0 Å². The molecule has 2 nitrogen and oxygen atoms in total. The summed E-state index contributed by atoms with van der Waals surface area (Å²) in [6, 6.07) is 3.36. The lowest BCUT2D eigenvalue weighted by Gasteiger charge is -2.08. The fraction of sp³-hybridized carbons (Fsp3) is 0.300. The zero-order chi connectivity index (χ0) is 10.7. The number of methoxy groups -OCH3 is 1. The van der Waals surface area contributed by atoms with E-state index in [9.17, 15) is 4.79 Å². The Morgan fingerprint density at radius 2 is 2.14 bits per heavy atom. The van der Waals surface area contributed by atoms with Crippen LogP contribution in [-0.4, -0.2) is 18.8 Å². The first-order chi connectivity index (χ1) is 6.60. The molecule has 0 saturated heterocycles. The molecule has 0 aliphatic rings. The van der Waals surface area contributed by atoms with Gasteiger partial charge in [-0.05, 0) is 24.6 Å². The van der Waals surface area contributed by atoms with Gasteiger partial charge in [0.25, 0.3) is 0 Å². The lowest BCUT2D eigenvalue weighted by molar-refractivity contribution is 0.102. The van der Waals surface area contributed by atoms with E-state index in [1.165, 1.54) is 0 Å². The van der Waals surface area contributed by atoms with E-state index in [-0.39, 0.29) is 11.7 Å². The van der Waals surface area contributed by atoms with Crippen molar-refractivity contribution in [1.82, 2.24) is 0 Å². The number of hydrogen-bond acceptors (Lipinski definition) is 2. The molecule has 1 rings (SSSR count). The lowest BCUT2D eigenvalue weighted by atomic mass is 10.1. The number of carbonyl (C=O) groups is 1. The van der Waals surface area contributed by atoms with E-state index < -0.39 is 0 Å². The van der Waals surface area contributed by atoms with Crippen LogP contribution < -0.4 is 4.74 Å². The highest BCUT2D eigenvalue weighted by Gasteiger charge is 2.13. The first-order valence-corrected chi connectivity index (χ1v) is 4.94. The second-order valence-corrected chi connectivity index (χ2v) is 3.53. The third kappa shape index (κ3) is 2.20. The summed E-state index contributed by atoms with van der Waals surface area (Å²) < 4.78 is 5.02. The number of alkyl halides is 1. The molecule has 0 spiro atoms. The topological polar surface area (TPSA) is 26.3 Å². The molecular weight excluding hydrogens is 223 g/mol. The fourth-order valence-corrected chi connectivity index (χ4v) is 1.75. The average Bonchev–Trinajstić information content (AvgIpc) is 2.16. The van der Waals surface area contributed by atoms with Gasteiger partial charge in [-0.15, -0.1) is 11.6 Å². The Bertz CT molecular complexity index is 338. The lowest BCUT2D eigenvalue weighted by Crippen LogP contribution is -2.04. The van der Waals surface area contributed by atoms with Gasteiger partial charge >= 0.3 is 0 Å². The molecule has 0 fully saturated rings. The number of ether oxygens (including phenoxy) is 1. The van der Waals surface area contributed by atoms with Gasteiger partial charge in [0.1, 0.15) is 5.75 Å². The van der Waals surface area contributed by atoms with Crippen LogP contribution in [0, 0.1) is 6.92 Å². The SMILES string of the molecule is COc1cc(C)c(C(=O)CCl)c(Cl)c1. The van der Waals surface area contributed by atoms with Crippen LogP contribution in [0.25, 0.3) is 0 Å². The summed E-state index contributed by atoms with van der Waals surface area (Å²) in [5.74, 6) is 0.405. The van der Waals surface area contributed by atoms with Crippen LogP contribution in [0.15, 0.2) is 12.1 Å². The Morgan fingerprint density at radius 1 is 1.50 bits per heavy atom. The number of aryl methyl sites for hydroxylation is 1. The zero-order valence-corrected chi connectivity index (χ0v) is 9.45. The van der Waals surface area contributed by atoms with Gasteiger partial charge < -0.3 is 4.74 Å². The van der Waals surface area contributed by atoms with E-state index in [0.717, 1.165) is 5.56 Å². The number of carbonyl (C=O) groups excluding carboxylic acids is 1. The summed E-state index contributed by atoms with van der Waals surface area (Å²) in [5.41, 5.74) is 1.25. The van der Waals surface area contributed by atoms with Crippen molar-refractivity contribution in [3.8, 4) is 5.75 Å². The van der Waals surface area contributed by atoms with Crippen molar-refractivity contribution < 1.29 is 9.53 Å². The van der Waals surface area contributed by atoms with E-state index in [4.69, 9.17) is 27.9 Å². The monoisotopic (exact) mass is 232 g/mol. The van der Waals surface area contributed by atoms with Crippen LogP contribution >= 0.6 is 23.2 Å². The van der Waals surface area contributed by atoms with Crippen LogP contribution in [0.5, 0.6) is 5.75 Å². The molecule has 0 bridgehead atoms. The van der Waals surface area contributed by atoms with Crippen molar-refractivity contribution in [3.63, 3.8) is 0 Å². The minimum absolute atomic E-state index is 0.0626. The second-order valence-electron chi connectivity index (χ2n) is 2.86. The molecule has 0 unspecified atom stereocenters. The van der Waals surface area contributed by atoms with E-state index in [1.807, 2.05) is 0 Å². The molecule has 0 aliphatic carbocycles. The fourth-order valence-electron chi connectivity index (χ4n) is 1.25. The molecule has 14 heavy (non-hydrogen) atoms. The Hall–Kier alpha value is -0.730. The Kier molecular flexibility index (Phi) is 3.78. The second kappa shape index (κ2) is 4.67. The summed E-state index contributed by atoms with van der Waals surface area (Å²) in [6.07, 6.45) is 0. The summed E-state index contributed by atoms with van der Waals surface area (Å²) in [7, 11) is 1.55. The summed E-state index contributed by atoms with van der Waals surface area (Å²) in [4.78, 5) is 11.4. The molecule has 0 saturated carbocycles. The van der Waals surface area contributed by atoms with Crippen molar-refractivity contribution in [3.05, 3.63) is 28.3 Å². The van der Waals surface area contributed by atoms with Crippen molar-refractivity contribution in [1.29, 1.82) is 0 Å². The summed E-state index contributed by atoms with van der Waals surface area (Å²) in [5, 5.41) is 0.382. The largest absolute Gasteiger partial charge is 0.497 e. The minimum Gasteiger partial charge on any atom is -0.497 e. The highest BCUT2D eigenvalue weighted by atomic mass is 35.5. The molecule has 0 heterocycles.